The summed E-state index contributed by atoms with van der Waals surface area (Å²) < 4.78 is 28.4. The van der Waals surface area contributed by atoms with Crippen LogP contribution in [-0.4, -0.2) is 17.8 Å². The maximum absolute atomic E-state index is 10.1. The second kappa shape index (κ2) is 1.68. The van der Waals surface area contributed by atoms with Crippen LogP contribution in [0.3, 0.4) is 0 Å². The fourth-order valence-electron chi connectivity index (χ4n) is 0. The first-order chi connectivity index (χ1) is 3.25. The molecular weight excluding hydrogens is 130 g/mol. The molecule has 0 atom stereocenters. The van der Waals surface area contributed by atoms with E-state index in [0.717, 1.165) is 0 Å². The van der Waals surface area contributed by atoms with Gasteiger partial charge in [-0.25, -0.2) is 0 Å². The molecule has 8 heavy (non-hydrogen) atoms. The zero-order chi connectivity index (χ0) is 7.00. The lowest BCUT2D eigenvalue weighted by Gasteiger charge is -2.12. The molecule has 0 spiro atoms. The van der Waals surface area contributed by atoms with E-state index in [1.807, 2.05) is 0 Å². The fraction of sp³-hybridized carbons (Fsp3) is 1.00. The van der Waals surface area contributed by atoms with E-state index < -0.39 is 15.0 Å². The molecule has 0 unspecified atom stereocenters. The van der Waals surface area contributed by atoms with Crippen LogP contribution in [-0.2, 0) is 10.1 Å². The summed E-state index contributed by atoms with van der Waals surface area (Å²) in [5.74, 6) is 0. The zero-order valence-electron chi connectivity index (χ0n) is 4.75. The first kappa shape index (κ1) is 7.87. The molecule has 0 rings (SSSR count). The van der Waals surface area contributed by atoms with E-state index in [-0.39, 0.29) is 0 Å². The van der Waals surface area contributed by atoms with E-state index in [1.165, 1.54) is 13.8 Å². The minimum absolute atomic E-state index is 1.21. The van der Waals surface area contributed by atoms with Gasteiger partial charge in [-0.15, -0.1) is 0 Å². The SMILES string of the molecule is CC(C)(N)S(=O)(=O)O. The number of hydrogen-bond acceptors (Lipinski definition) is 3. The van der Waals surface area contributed by atoms with E-state index in [4.69, 9.17) is 10.3 Å². The highest BCUT2D eigenvalue weighted by Crippen LogP contribution is 2.03. The van der Waals surface area contributed by atoms with Gasteiger partial charge in [-0.2, -0.15) is 8.42 Å². The molecule has 0 aromatic rings. The van der Waals surface area contributed by atoms with E-state index >= 15 is 0 Å². The summed E-state index contributed by atoms with van der Waals surface area (Å²) in [4.78, 5) is -1.53. The normalized spacial score (nSPS) is 14.0. The first-order valence-electron chi connectivity index (χ1n) is 2.01. The first-order valence-corrected chi connectivity index (χ1v) is 3.45. The van der Waals surface area contributed by atoms with Crippen molar-refractivity contribution in [1.29, 1.82) is 0 Å². The van der Waals surface area contributed by atoms with Crippen LogP contribution in [0.15, 0.2) is 0 Å². The number of nitrogens with two attached hydrogens (primary N) is 1. The van der Waals surface area contributed by atoms with Gasteiger partial charge in [0, 0.05) is 0 Å². The van der Waals surface area contributed by atoms with Crippen molar-refractivity contribution in [2.45, 2.75) is 18.7 Å². The highest BCUT2D eigenvalue weighted by Gasteiger charge is 2.26. The molecule has 0 saturated heterocycles. The molecule has 0 amide bonds. The van der Waals surface area contributed by atoms with Gasteiger partial charge < -0.3 is 5.73 Å². The second-order valence-corrected chi connectivity index (χ2v) is 4.08. The van der Waals surface area contributed by atoms with Crippen molar-refractivity contribution in [1.82, 2.24) is 0 Å². The monoisotopic (exact) mass is 139 g/mol. The molecule has 0 fully saturated rings. The molecule has 0 heterocycles. The van der Waals surface area contributed by atoms with E-state index in [2.05, 4.69) is 0 Å². The molecule has 3 N–H and O–H groups in total. The maximum atomic E-state index is 10.1. The van der Waals surface area contributed by atoms with Crippen LogP contribution in [0.1, 0.15) is 13.8 Å². The highest BCUT2D eigenvalue weighted by atomic mass is 32.2. The van der Waals surface area contributed by atoms with Crippen LogP contribution in [0.2, 0.25) is 0 Å². The van der Waals surface area contributed by atoms with Crippen LogP contribution in [0, 0.1) is 0 Å². The molecule has 0 aliphatic rings. The lowest BCUT2D eigenvalue weighted by atomic mass is 10.4. The maximum Gasteiger partial charge on any atom is 0.283 e. The van der Waals surface area contributed by atoms with Gasteiger partial charge in [-0.3, -0.25) is 4.55 Å². The van der Waals surface area contributed by atoms with Crippen LogP contribution in [0.5, 0.6) is 0 Å². The third kappa shape index (κ3) is 1.77. The Morgan fingerprint density at radius 3 is 1.62 bits per heavy atom. The molecule has 0 radical (unpaired) electrons. The van der Waals surface area contributed by atoms with Gasteiger partial charge >= 0.3 is 0 Å². The molecule has 0 saturated carbocycles. The van der Waals surface area contributed by atoms with E-state index in [9.17, 15) is 8.42 Å². The molecule has 5 heteroatoms. The van der Waals surface area contributed by atoms with Gasteiger partial charge in [0.1, 0.15) is 4.87 Å². The lowest BCUT2D eigenvalue weighted by Crippen LogP contribution is -2.40. The summed E-state index contributed by atoms with van der Waals surface area (Å²) in [7, 11) is -4.06. The van der Waals surface area contributed by atoms with Gasteiger partial charge in [0.25, 0.3) is 10.1 Å². The van der Waals surface area contributed by atoms with Crippen molar-refractivity contribution >= 4 is 10.1 Å². The predicted molar refractivity (Wildman–Crippen MR) is 29.8 cm³/mol. The average Bonchev–Trinajstić information content (AvgIpc) is 1.25. The smallest absolute Gasteiger partial charge is 0.283 e. The Bertz CT molecular complexity index is 163. The molecule has 50 valence electrons. The molecule has 0 bridgehead atoms. The molecule has 0 aromatic carbocycles. The molecule has 0 aromatic heterocycles. The Balaban J connectivity index is 4.53. The predicted octanol–water partition coefficient (Wildman–Crippen LogP) is -0.431. The van der Waals surface area contributed by atoms with Crippen LogP contribution < -0.4 is 5.73 Å². The summed E-state index contributed by atoms with van der Waals surface area (Å²) in [5.41, 5.74) is 4.97. The highest BCUT2D eigenvalue weighted by molar-refractivity contribution is 7.87. The Hall–Kier alpha value is -0.130. The van der Waals surface area contributed by atoms with Gasteiger partial charge in [0.2, 0.25) is 0 Å². The van der Waals surface area contributed by atoms with Crippen molar-refractivity contribution in [3.63, 3.8) is 0 Å². The van der Waals surface area contributed by atoms with Crippen molar-refractivity contribution in [2.75, 3.05) is 0 Å². The molecular formula is C3H9NO3S. The Morgan fingerprint density at radius 1 is 1.50 bits per heavy atom. The Kier molecular flexibility index (Phi) is 1.65. The van der Waals surface area contributed by atoms with Crippen LogP contribution in [0.4, 0.5) is 0 Å². The topological polar surface area (TPSA) is 80.4 Å². The third-order valence-corrected chi connectivity index (χ3v) is 1.99. The summed E-state index contributed by atoms with van der Waals surface area (Å²) in [6.07, 6.45) is 0. The second-order valence-electron chi connectivity index (χ2n) is 2.08. The Labute approximate surface area is 48.4 Å². The quantitative estimate of drug-likeness (QED) is 0.483. The van der Waals surface area contributed by atoms with Gasteiger partial charge in [0.05, 0.1) is 0 Å². The minimum atomic E-state index is -4.06. The summed E-state index contributed by atoms with van der Waals surface area (Å²) in [5, 5.41) is 0. The number of rotatable bonds is 1. The minimum Gasteiger partial charge on any atom is -0.311 e. The summed E-state index contributed by atoms with van der Waals surface area (Å²) in [6, 6.07) is 0. The summed E-state index contributed by atoms with van der Waals surface area (Å²) in [6.45, 7) is 2.42. The fourth-order valence-corrected chi connectivity index (χ4v) is 0. The zero-order valence-corrected chi connectivity index (χ0v) is 5.57. The van der Waals surface area contributed by atoms with Crippen LogP contribution in [0.25, 0.3) is 0 Å². The van der Waals surface area contributed by atoms with Crippen molar-refractivity contribution in [2.24, 2.45) is 5.73 Å². The standard InChI is InChI=1S/C3H9NO3S/c1-3(2,4)8(5,6)7/h4H2,1-2H3,(H,5,6,7). The number of hydrogen-bond donors (Lipinski definition) is 2. The van der Waals surface area contributed by atoms with Crippen molar-refractivity contribution in [3.8, 4) is 0 Å². The van der Waals surface area contributed by atoms with Crippen LogP contribution >= 0.6 is 0 Å². The molecule has 0 aliphatic heterocycles. The average molecular weight is 139 g/mol. The third-order valence-electron chi connectivity index (χ3n) is 0.665. The largest absolute Gasteiger partial charge is 0.311 e. The van der Waals surface area contributed by atoms with Crippen molar-refractivity contribution in [3.05, 3.63) is 0 Å². The van der Waals surface area contributed by atoms with Gasteiger partial charge in [-0.1, -0.05) is 0 Å². The van der Waals surface area contributed by atoms with E-state index in [0.29, 0.717) is 0 Å². The summed E-state index contributed by atoms with van der Waals surface area (Å²) >= 11 is 0. The molecule has 0 aliphatic carbocycles. The van der Waals surface area contributed by atoms with Gasteiger partial charge in [-0.05, 0) is 13.8 Å². The molecule has 4 nitrogen and oxygen atoms in total. The Morgan fingerprint density at radius 2 is 1.62 bits per heavy atom. The van der Waals surface area contributed by atoms with E-state index in [1.54, 1.807) is 0 Å². The van der Waals surface area contributed by atoms with Crippen molar-refractivity contribution < 1.29 is 13.0 Å². The lowest BCUT2D eigenvalue weighted by molar-refractivity contribution is 0.445. The van der Waals surface area contributed by atoms with Gasteiger partial charge in [0.15, 0.2) is 0 Å².